The third kappa shape index (κ3) is 4.96. The van der Waals surface area contributed by atoms with E-state index < -0.39 is 26.1 Å². The third-order valence-electron chi connectivity index (χ3n) is 5.58. The van der Waals surface area contributed by atoms with Gasteiger partial charge in [0.15, 0.2) is 0 Å². The fourth-order valence-corrected chi connectivity index (χ4v) is 5.90. The number of nitrogens with one attached hydrogen (secondary N) is 1. The Morgan fingerprint density at radius 3 is 2.26 bits per heavy atom. The number of hydrogen-bond acceptors (Lipinski definition) is 5. The largest absolute Gasteiger partial charge is 0.283 e. The monoisotopic (exact) mass is 517 g/mol. The lowest BCUT2D eigenvalue weighted by molar-refractivity contribution is 0.371. The number of sulfonamides is 2. The number of halogens is 1. The van der Waals surface area contributed by atoms with Crippen molar-refractivity contribution in [3.8, 4) is 0 Å². The van der Waals surface area contributed by atoms with Gasteiger partial charge in [-0.25, -0.2) is 8.42 Å². The van der Waals surface area contributed by atoms with E-state index in [4.69, 9.17) is 11.6 Å². The Hall–Kier alpha value is -2.88. The SMILES string of the molecule is CCS(=O)(=O)Nc1ccccc1C1=NN(S(=O)(=O)c2ccc(Cl)cc2)[C@H](c2ccc(C)cc2)C1. The second-order valence-corrected chi connectivity index (χ2v) is 12.2. The minimum Gasteiger partial charge on any atom is -0.283 e. The molecule has 3 aromatic carbocycles. The van der Waals surface area contributed by atoms with Crippen molar-refractivity contribution in [1.82, 2.24) is 4.41 Å². The Morgan fingerprint density at radius 1 is 0.971 bits per heavy atom. The van der Waals surface area contributed by atoms with Crippen LogP contribution in [0.3, 0.4) is 0 Å². The lowest BCUT2D eigenvalue weighted by atomic mass is 9.98. The number of anilines is 1. The average Bonchev–Trinajstić information content (AvgIpc) is 3.26. The van der Waals surface area contributed by atoms with Crippen molar-refractivity contribution in [2.75, 3.05) is 10.5 Å². The molecule has 4 rings (SSSR count). The highest BCUT2D eigenvalue weighted by Gasteiger charge is 2.38. The smallest absolute Gasteiger partial charge is 0.279 e. The van der Waals surface area contributed by atoms with Crippen LogP contribution in [0.25, 0.3) is 0 Å². The highest BCUT2D eigenvalue weighted by molar-refractivity contribution is 7.92. The first-order valence-electron chi connectivity index (χ1n) is 10.6. The van der Waals surface area contributed by atoms with Crippen molar-refractivity contribution in [2.45, 2.75) is 31.2 Å². The van der Waals surface area contributed by atoms with Gasteiger partial charge in [0.05, 0.1) is 28.1 Å². The Morgan fingerprint density at radius 2 is 1.62 bits per heavy atom. The Labute approximate surface area is 205 Å². The molecule has 0 amide bonds. The van der Waals surface area contributed by atoms with E-state index in [1.165, 1.54) is 24.3 Å². The molecule has 1 N–H and O–H groups in total. The predicted molar refractivity (Wildman–Crippen MR) is 135 cm³/mol. The molecule has 1 atom stereocenters. The Balaban J connectivity index is 1.82. The first-order chi connectivity index (χ1) is 16.1. The summed E-state index contributed by atoms with van der Waals surface area (Å²) in [7, 11) is -7.54. The van der Waals surface area contributed by atoms with Gasteiger partial charge in [0.2, 0.25) is 10.0 Å². The number of rotatable bonds is 7. The zero-order valence-electron chi connectivity index (χ0n) is 18.6. The van der Waals surface area contributed by atoms with E-state index in [9.17, 15) is 16.8 Å². The van der Waals surface area contributed by atoms with Crippen LogP contribution in [0.15, 0.2) is 82.8 Å². The zero-order chi connectivity index (χ0) is 24.5. The Kier molecular flexibility index (Phi) is 6.71. The minimum absolute atomic E-state index is 0.0685. The van der Waals surface area contributed by atoms with E-state index in [1.54, 1.807) is 31.2 Å². The lowest BCUT2D eigenvalue weighted by Gasteiger charge is -2.23. The van der Waals surface area contributed by atoms with Gasteiger partial charge < -0.3 is 0 Å². The number of para-hydroxylation sites is 1. The molecule has 7 nitrogen and oxygen atoms in total. The molecule has 1 heterocycles. The normalized spacial score (nSPS) is 16.4. The molecule has 1 aliphatic heterocycles. The van der Waals surface area contributed by atoms with Gasteiger partial charge in [-0.05, 0) is 49.7 Å². The summed E-state index contributed by atoms with van der Waals surface area (Å²) >= 11 is 5.95. The molecule has 178 valence electrons. The standard InChI is InChI=1S/C24H24ClN3O4S2/c1-3-33(29,30)27-22-7-5-4-6-21(22)23-16-24(18-10-8-17(2)9-11-18)28(26-23)34(31,32)20-14-12-19(25)13-15-20/h4-15,24,27H,3,16H2,1-2H3/t24-/m0/s1. The zero-order valence-corrected chi connectivity index (χ0v) is 21.0. The highest BCUT2D eigenvalue weighted by Crippen LogP contribution is 2.38. The molecule has 1 aliphatic rings. The molecule has 0 aliphatic carbocycles. The first kappa shape index (κ1) is 24.3. The topological polar surface area (TPSA) is 95.9 Å². The second-order valence-electron chi connectivity index (χ2n) is 7.96. The van der Waals surface area contributed by atoms with Crippen LogP contribution in [0.5, 0.6) is 0 Å². The molecule has 10 heteroatoms. The lowest BCUT2D eigenvalue weighted by Crippen LogP contribution is -2.27. The van der Waals surface area contributed by atoms with Crippen LogP contribution in [-0.4, -0.2) is 32.7 Å². The van der Waals surface area contributed by atoms with E-state index in [-0.39, 0.29) is 17.1 Å². The summed E-state index contributed by atoms with van der Waals surface area (Å²) in [5.41, 5.74) is 3.20. The molecule has 0 radical (unpaired) electrons. The number of hydrogen-bond donors (Lipinski definition) is 1. The number of aryl methyl sites for hydroxylation is 1. The van der Waals surface area contributed by atoms with Gasteiger partial charge in [0, 0.05) is 17.0 Å². The van der Waals surface area contributed by atoms with Crippen LogP contribution in [0.1, 0.15) is 36.1 Å². The third-order valence-corrected chi connectivity index (χ3v) is 8.82. The summed E-state index contributed by atoms with van der Waals surface area (Å²) in [6.45, 7) is 3.50. The molecule has 0 saturated carbocycles. The van der Waals surface area contributed by atoms with Crippen molar-refractivity contribution in [3.63, 3.8) is 0 Å². The van der Waals surface area contributed by atoms with E-state index in [0.29, 0.717) is 22.0 Å². The average molecular weight is 518 g/mol. The molecule has 0 bridgehead atoms. The molecular formula is C24H24ClN3O4S2. The predicted octanol–water partition coefficient (Wildman–Crippen LogP) is 4.95. The van der Waals surface area contributed by atoms with Crippen LogP contribution in [0.4, 0.5) is 5.69 Å². The quantitative estimate of drug-likeness (QED) is 0.479. The summed E-state index contributed by atoms with van der Waals surface area (Å²) in [6.07, 6.45) is 0.279. The fraction of sp³-hybridized carbons (Fsp3) is 0.208. The molecule has 0 spiro atoms. The van der Waals surface area contributed by atoms with Crippen molar-refractivity contribution < 1.29 is 16.8 Å². The summed E-state index contributed by atoms with van der Waals surface area (Å²) in [5.74, 6) is -0.0864. The summed E-state index contributed by atoms with van der Waals surface area (Å²) in [5, 5.41) is 4.95. The van der Waals surface area contributed by atoms with Gasteiger partial charge in [0.25, 0.3) is 10.0 Å². The van der Waals surface area contributed by atoms with Gasteiger partial charge in [-0.15, -0.1) is 0 Å². The Bertz CT molecular complexity index is 1440. The molecule has 3 aromatic rings. The van der Waals surface area contributed by atoms with Gasteiger partial charge in [0.1, 0.15) is 0 Å². The van der Waals surface area contributed by atoms with Crippen LogP contribution in [0, 0.1) is 6.92 Å². The highest BCUT2D eigenvalue weighted by atomic mass is 35.5. The molecule has 0 saturated heterocycles. The number of benzene rings is 3. The van der Waals surface area contributed by atoms with E-state index in [2.05, 4.69) is 9.82 Å². The van der Waals surface area contributed by atoms with Crippen LogP contribution in [0.2, 0.25) is 5.02 Å². The fourth-order valence-electron chi connectivity index (χ4n) is 3.69. The van der Waals surface area contributed by atoms with Crippen molar-refractivity contribution in [1.29, 1.82) is 0 Å². The van der Waals surface area contributed by atoms with Crippen molar-refractivity contribution >= 4 is 43.0 Å². The summed E-state index contributed by atoms with van der Waals surface area (Å²) in [6, 6.07) is 19.8. The van der Waals surface area contributed by atoms with E-state index >= 15 is 0 Å². The van der Waals surface area contributed by atoms with Crippen molar-refractivity contribution in [2.24, 2.45) is 5.10 Å². The molecule has 0 fully saturated rings. The van der Waals surface area contributed by atoms with Gasteiger partial charge >= 0.3 is 0 Å². The van der Waals surface area contributed by atoms with Crippen LogP contribution < -0.4 is 4.72 Å². The maximum absolute atomic E-state index is 13.6. The van der Waals surface area contributed by atoms with Gasteiger partial charge in [-0.3, -0.25) is 4.72 Å². The first-order valence-corrected chi connectivity index (χ1v) is 14.1. The van der Waals surface area contributed by atoms with E-state index in [0.717, 1.165) is 15.5 Å². The van der Waals surface area contributed by atoms with Gasteiger partial charge in [-0.2, -0.15) is 17.9 Å². The maximum Gasteiger partial charge on any atom is 0.279 e. The summed E-state index contributed by atoms with van der Waals surface area (Å²) in [4.78, 5) is 0.0685. The van der Waals surface area contributed by atoms with Gasteiger partial charge in [-0.1, -0.05) is 59.6 Å². The second kappa shape index (κ2) is 9.40. The minimum atomic E-state index is -4.01. The molecular weight excluding hydrogens is 494 g/mol. The van der Waals surface area contributed by atoms with Crippen LogP contribution in [-0.2, 0) is 20.0 Å². The van der Waals surface area contributed by atoms with Crippen LogP contribution >= 0.6 is 11.6 Å². The van der Waals surface area contributed by atoms with Crippen molar-refractivity contribution in [3.05, 3.63) is 94.5 Å². The number of nitrogens with zero attached hydrogens (tertiary/aromatic N) is 2. The molecule has 34 heavy (non-hydrogen) atoms. The summed E-state index contributed by atoms with van der Waals surface area (Å²) < 4.78 is 55.3. The molecule has 0 unspecified atom stereocenters. The maximum atomic E-state index is 13.6. The number of hydrazone groups is 1. The molecule has 0 aromatic heterocycles. The van der Waals surface area contributed by atoms with E-state index in [1.807, 2.05) is 31.2 Å².